The average molecular weight is 404 g/mol. The van der Waals surface area contributed by atoms with Crippen LogP contribution in [-0.4, -0.2) is 46.1 Å². The second-order valence-corrected chi connectivity index (χ2v) is 6.39. The zero-order valence-electron chi connectivity index (χ0n) is 12.9. The Morgan fingerprint density at radius 2 is 1.31 bits per heavy atom. The van der Waals surface area contributed by atoms with E-state index < -0.39 is 72.4 Å². The Balaban J connectivity index is 3.18. The molecule has 2 N–H and O–H groups in total. The predicted octanol–water partition coefficient (Wildman–Crippen LogP) is 4.05. The van der Waals surface area contributed by atoms with Gasteiger partial charge in [-0.25, -0.2) is 0 Å². The minimum absolute atomic E-state index is 0.764. The van der Waals surface area contributed by atoms with Crippen LogP contribution in [0.4, 0.5) is 39.5 Å². The van der Waals surface area contributed by atoms with Gasteiger partial charge in [0.15, 0.2) is 5.41 Å². The molecule has 0 radical (unpaired) electrons. The summed E-state index contributed by atoms with van der Waals surface area (Å²) in [6.07, 6.45) is -11.1. The van der Waals surface area contributed by atoms with Crippen LogP contribution in [0.25, 0.3) is 0 Å². The Hall–Kier alpha value is -1.69. The van der Waals surface area contributed by atoms with Crippen LogP contribution >= 0.6 is 0 Å². The molecule has 0 bridgehead atoms. The Morgan fingerprint density at radius 3 is 1.62 bits per heavy atom. The second-order valence-electron chi connectivity index (χ2n) is 6.39. The van der Waals surface area contributed by atoms with Crippen LogP contribution in [-0.2, 0) is 9.59 Å². The minimum Gasteiger partial charge on any atom is -0.480 e. The lowest BCUT2D eigenvalue weighted by molar-refractivity contribution is -0.398. The molecule has 0 aromatic rings. The molecule has 1 aliphatic rings. The van der Waals surface area contributed by atoms with Crippen molar-refractivity contribution in [1.82, 2.24) is 0 Å². The highest BCUT2D eigenvalue weighted by molar-refractivity contribution is 5.98. The van der Waals surface area contributed by atoms with E-state index >= 15 is 0 Å². The number of carboxylic acid groups (broad SMARTS) is 2. The first-order valence-corrected chi connectivity index (χ1v) is 7.00. The summed E-state index contributed by atoms with van der Waals surface area (Å²) in [6, 6.07) is 0. The summed E-state index contributed by atoms with van der Waals surface area (Å²) in [5, 5.41) is 18.0. The van der Waals surface area contributed by atoms with Gasteiger partial charge in [-0.1, -0.05) is 6.92 Å². The van der Waals surface area contributed by atoms with Crippen LogP contribution in [0.15, 0.2) is 0 Å². The molecule has 26 heavy (non-hydrogen) atoms. The number of halogens is 9. The van der Waals surface area contributed by atoms with Gasteiger partial charge in [0.25, 0.3) is 0 Å². The minimum atomic E-state index is -7.04. The van der Waals surface area contributed by atoms with Crippen molar-refractivity contribution in [3.63, 3.8) is 0 Å². The van der Waals surface area contributed by atoms with E-state index in [1.54, 1.807) is 0 Å². The molecule has 4 nitrogen and oxygen atoms in total. The fraction of sp³-hybridized carbons (Fsp3) is 0.846. The quantitative estimate of drug-likeness (QED) is 0.518. The summed E-state index contributed by atoms with van der Waals surface area (Å²) in [4.78, 5) is 22.2. The van der Waals surface area contributed by atoms with E-state index in [-0.39, 0.29) is 0 Å². The van der Waals surface area contributed by atoms with Crippen molar-refractivity contribution in [2.75, 3.05) is 0 Å². The monoisotopic (exact) mass is 404 g/mol. The Bertz CT molecular complexity index is 571. The molecule has 1 aliphatic carbocycles. The van der Waals surface area contributed by atoms with Gasteiger partial charge in [-0.3, -0.25) is 9.59 Å². The summed E-state index contributed by atoms with van der Waals surface area (Å²) >= 11 is 0. The van der Waals surface area contributed by atoms with Gasteiger partial charge >= 0.3 is 35.9 Å². The summed E-state index contributed by atoms with van der Waals surface area (Å²) in [5.74, 6) is -26.7. The number of hydrogen-bond donors (Lipinski definition) is 2. The van der Waals surface area contributed by atoms with Crippen LogP contribution in [0.2, 0.25) is 0 Å². The van der Waals surface area contributed by atoms with Gasteiger partial charge in [0.2, 0.25) is 0 Å². The Labute approximate surface area is 140 Å². The van der Waals surface area contributed by atoms with Crippen LogP contribution < -0.4 is 0 Å². The maximum Gasteiger partial charge on any atom is 0.460 e. The summed E-state index contributed by atoms with van der Waals surface area (Å²) < 4.78 is 116. The zero-order chi connectivity index (χ0) is 20.9. The molecule has 13 heteroatoms. The van der Waals surface area contributed by atoms with Crippen LogP contribution in [0, 0.1) is 17.3 Å². The normalized spacial score (nSPS) is 24.5. The molecule has 0 unspecified atom stereocenters. The number of aliphatic carboxylic acids is 2. The first kappa shape index (κ1) is 22.4. The van der Waals surface area contributed by atoms with E-state index in [0.717, 1.165) is 6.92 Å². The van der Waals surface area contributed by atoms with Crippen molar-refractivity contribution >= 4 is 11.9 Å². The lowest BCUT2D eigenvalue weighted by Gasteiger charge is -2.35. The van der Waals surface area contributed by atoms with Gasteiger partial charge in [0.1, 0.15) is 0 Å². The number of carbonyl (C=O) groups is 2. The van der Waals surface area contributed by atoms with E-state index in [9.17, 15) is 49.1 Å². The molecular weight excluding hydrogens is 391 g/mol. The van der Waals surface area contributed by atoms with Gasteiger partial charge in [-0.2, -0.15) is 39.5 Å². The maximum atomic E-state index is 13.7. The molecule has 1 saturated carbocycles. The van der Waals surface area contributed by atoms with E-state index in [4.69, 9.17) is 10.2 Å². The van der Waals surface area contributed by atoms with Gasteiger partial charge in [0.05, 0.1) is 0 Å². The van der Waals surface area contributed by atoms with Crippen molar-refractivity contribution < 1.29 is 59.3 Å². The number of carboxylic acids is 2. The van der Waals surface area contributed by atoms with Gasteiger partial charge in [-0.05, 0) is 24.7 Å². The molecule has 152 valence electrons. The zero-order valence-corrected chi connectivity index (χ0v) is 12.9. The lowest BCUT2D eigenvalue weighted by atomic mass is 9.84. The second kappa shape index (κ2) is 6.19. The third kappa shape index (κ3) is 3.20. The predicted molar refractivity (Wildman–Crippen MR) is 65.1 cm³/mol. The topological polar surface area (TPSA) is 74.6 Å². The van der Waals surface area contributed by atoms with Crippen LogP contribution in [0.1, 0.15) is 26.2 Å². The SMILES string of the molecule is C[C@H]1CC(C(=O)O)(C(=O)O)C[C@H]1CC(F)(F)C(F)(F)C(F)(F)C(F)(F)F. The number of hydrogen-bond acceptors (Lipinski definition) is 2. The van der Waals surface area contributed by atoms with Gasteiger partial charge in [-0.15, -0.1) is 0 Å². The lowest BCUT2D eigenvalue weighted by Crippen LogP contribution is -2.61. The van der Waals surface area contributed by atoms with Crippen LogP contribution in [0.5, 0.6) is 0 Å². The fourth-order valence-electron chi connectivity index (χ4n) is 3.03. The third-order valence-electron chi connectivity index (χ3n) is 4.63. The van der Waals surface area contributed by atoms with E-state index in [2.05, 4.69) is 0 Å². The third-order valence-corrected chi connectivity index (χ3v) is 4.63. The van der Waals surface area contributed by atoms with Crippen molar-refractivity contribution in [2.45, 2.75) is 50.1 Å². The highest BCUT2D eigenvalue weighted by Crippen LogP contribution is 2.57. The van der Waals surface area contributed by atoms with Crippen LogP contribution in [0.3, 0.4) is 0 Å². The average Bonchev–Trinajstić information content (AvgIpc) is 2.75. The molecule has 0 spiro atoms. The highest BCUT2D eigenvalue weighted by atomic mass is 19.4. The standard InChI is InChI=1S/C13H13F9O4/c1-5-2-9(7(23)24,8(25)26)3-6(5)4-10(14,15)11(16,17)12(18,19)13(20,21)22/h5-6H,2-4H2,1H3,(H,23,24)(H,25,26)/t5-,6-/m0/s1. The molecule has 0 saturated heterocycles. The molecule has 2 atom stereocenters. The molecule has 0 aliphatic heterocycles. The fourth-order valence-corrected chi connectivity index (χ4v) is 3.03. The summed E-state index contributed by atoms with van der Waals surface area (Å²) in [5.41, 5.74) is -2.61. The maximum absolute atomic E-state index is 13.7. The van der Waals surface area contributed by atoms with Gasteiger partial charge in [0, 0.05) is 6.42 Å². The molecule has 0 aromatic carbocycles. The largest absolute Gasteiger partial charge is 0.480 e. The molecule has 0 amide bonds. The Morgan fingerprint density at radius 1 is 0.885 bits per heavy atom. The first-order chi connectivity index (χ1) is 11.3. The molecule has 1 rings (SSSR count). The smallest absolute Gasteiger partial charge is 0.460 e. The van der Waals surface area contributed by atoms with E-state index in [0.29, 0.717) is 0 Å². The first-order valence-electron chi connectivity index (χ1n) is 7.00. The van der Waals surface area contributed by atoms with Gasteiger partial charge < -0.3 is 10.2 Å². The molecule has 1 fully saturated rings. The van der Waals surface area contributed by atoms with Crippen molar-refractivity contribution in [1.29, 1.82) is 0 Å². The van der Waals surface area contributed by atoms with Crippen molar-refractivity contribution in [3.05, 3.63) is 0 Å². The van der Waals surface area contributed by atoms with E-state index in [1.807, 2.05) is 0 Å². The van der Waals surface area contributed by atoms with E-state index in [1.165, 1.54) is 0 Å². The highest BCUT2D eigenvalue weighted by Gasteiger charge is 2.81. The Kier molecular flexibility index (Phi) is 5.32. The van der Waals surface area contributed by atoms with Crippen molar-refractivity contribution in [2.24, 2.45) is 17.3 Å². The molecule has 0 aromatic heterocycles. The number of rotatable bonds is 6. The van der Waals surface area contributed by atoms with Crippen molar-refractivity contribution in [3.8, 4) is 0 Å². The summed E-state index contributed by atoms with van der Waals surface area (Å²) in [6.45, 7) is 1.02. The molecular formula is C13H13F9O4. The summed E-state index contributed by atoms with van der Waals surface area (Å²) in [7, 11) is 0. The molecule has 0 heterocycles. The number of alkyl halides is 9.